The molecule has 0 unspecified atom stereocenters. The van der Waals surface area contributed by atoms with Gasteiger partial charge in [-0.05, 0) is 74.7 Å². The Morgan fingerprint density at radius 1 is 1.12 bits per heavy atom. The fraction of sp³-hybridized carbons (Fsp3) is 0.350. The molecule has 2 N–H and O–H groups in total. The number of benzene rings is 2. The predicted octanol–water partition coefficient (Wildman–Crippen LogP) is 4.45. The number of halogens is 1. The SMILES string of the molecule is CCN(CCO)c1ccc(NC(=O)c2cc(Br)c(C)c(C)c2C)cc1. The first-order valence-electron chi connectivity index (χ1n) is 8.42. The van der Waals surface area contributed by atoms with E-state index in [1.54, 1.807) is 0 Å². The third-order valence-corrected chi connectivity index (χ3v) is 5.47. The van der Waals surface area contributed by atoms with E-state index in [1.165, 1.54) is 0 Å². The molecule has 25 heavy (non-hydrogen) atoms. The molecule has 2 rings (SSSR count). The van der Waals surface area contributed by atoms with Crippen LogP contribution in [0.15, 0.2) is 34.8 Å². The fourth-order valence-corrected chi connectivity index (χ4v) is 3.31. The van der Waals surface area contributed by atoms with Gasteiger partial charge < -0.3 is 15.3 Å². The summed E-state index contributed by atoms with van der Waals surface area (Å²) in [6, 6.07) is 9.56. The van der Waals surface area contributed by atoms with Crippen LogP contribution in [0.25, 0.3) is 0 Å². The van der Waals surface area contributed by atoms with Crippen molar-refractivity contribution in [3.63, 3.8) is 0 Å². The van der Waals surface area contributed by atoms with Crippen molar-refractivity contribution in [3.8, 4) is 0 Å². The van der Waals surface area contributed by atoms with E-state index in [-0.39, 0.29) is 12.5 Å². The van der Waals surface area contributed by atoms with E-state index in [4.69, 9.17) is 5.11 Å². The minimum Gasteiger partial charge on any atom is -0.395 e. The molecule has 4 nitrogen and oxygen atoms in total. The lowest BCUT2D eigenvalue weighted by Crippen LogP contribution is -2.26. The Balaban J connectivity index is 2.19. The number of nitrogens with zero attached hydrogens (tertiary/aromatic N) is 1. The van der Waals surface area contributed by atoms with Gasteiger partial charge in [0.2, 0.25) is 0 Å². The second kappa shape index (κ2) is 8.50. The van der Waals surface area contributed by atoms with Crippen molar-refractivity contribution < 1.29 is 9.90 Å². The average molecular weight is 405 g/mol. The van der Waals surface area contributed by atoms with Gasteiger partial charge in [-0.1, -0.05) is 15.9 Å². The molecule has 0 aromatic heterocycles. The van der Waals surface area contributed by atoms with Crippen molar-refractivity contribution in [2.45, 2.75) is 27.7 Å². The zero-order valence-electron chi connectivity index (χ0n) is 15.2. The monoisotopic (exact) mass is 404 g/mol. The van der Waals surface area contributed by atoms with Crippen LogP contribution in [0.3, 0.4) is 0 Å². The molecule has 0 aliphatic rings. The zero-order valence-corrected chi connectivity index (χ0v) is 16.8. The number of amides is 1. The van der Waals surface area contributed by atoms with E-state index >= 15 is 0 Å². The van der Waals surface area contributed by atoms with Gasteiger partial charge in [0.15, 0.2) is 0 Å². The van der Waals surface area contributed by atoms with Crippen molar-refractivity contribution in [2.24, 2.45) is 0 Å². The first-order valence-corrected chi connectivity index (χ1v) is 9.21. The first-order chi connectivity index (χ1) is 11.9. The molecule has 0 saturated carbocycles. The summed E-state index contributed by atoms with van der Waals surface area (Å²) < 4.78 is 0.943. The lowest BCUT2D eigenvalue weighted by Gasteiger charge is -2.22. The van der Waals surface area contributed by atoms with Gasteiger partial charge in [0.1, 0.15) is 0 Å². The molecule has 0 spiro atoms. The molecule has 0 heterocycles. The smallest absolute Gasteiger partial charge is 0.255 e. The van der Waals surface area contributed by atoms with Crippen molar-refractivity contribution in [2.75, 3.05) is 29.9 Å². The average Bonchev–Trinajstić information content (AvgIpc) is 2.61. The molecule has 0 saturated heterocycles. The highest BCUT2D eigenvalue weighted by Gasteiger charge is 2.14. The lowest BCUT2D eigenvalue weighted by atomic mass is 9.98. The summed E-state index contributed by atoms with van der Waals surface area (Å²) in [6.45, 7) is 9.63. The molecule has 0 aliphatic heterocycles. The Morgan fingerprint density at radius 2 is 1.76 bits per heavy atom. The Hall–Kier alpha value is -1.85. The van der Waals surface area contributed by atoms with Crippen molar-refractivity contribution in [1.29, 1.82) is 0 Å². The van der Waals surface area contributed by atoms with Gasteiger partial charge in [-0.2, -0.15) is 0 Å². The van der Waals surface area contributed by atoms with Gasteiger partial charge >= 0.3 is 0 Å². The van der Waals surface area contributed by atoms with Crippen LogP contribution in [0.5, 0.6) is 0 Å². The Bertz CT molecular complexity index is 757. The van der Waals surface area contributed by atoms with Crippen molar-refractivity contribution in [1.82, 2.24) is 0 Å². The molecular formula is C20H25BrN2O2. The third kappa shape index (κ3) is 4.41. The Morgan fingerprint density at radius 3 is 2.32 bits per heavy atom. The van der Waals surface area contributed by atoms with Crippen LogP contribution in [0.4, 0.5) is 11.4 Å². The van der Waals surface area contributed by atoms with E-state index in [2.05, 4.69) is 26.1 Å². The van der Waals surface area contributed by atoms with Crippen LogP contribution in [-0.4, -0.2) is 30.7 Å². The number of aliphatic hydroxyl groups is 1. The molecule has 0 fully saturated rings. The summed E-state index contributed by atoms with van der Waals surface area (Å²) in [5, 5.41) is 12.1. The Labute approximate surface area is 158 Å². The number of carbonyl (C=O) groups is 1. The number of hydrogen-bond acceptors (Lipinski definition) is 3. The molecular weight excluding hydrogens is 380 g/mol. The van der Waals surface area contributed by atoms with Gasteiger partial charge in [-0.25, -0.2) is 0 Å². The lowest BCUT2D eigenvalue weighted by molar-refractivity contribution is 0.102. The fourth-order valence-electron chi connectivity index (χ4n) is 2.79. The topological polar surface area (TPSA) is 52.6 Å². The molecule has 2 aromatic carbocycles. The van der Waals surface area contributed by atoms with Crippen LogP contribution in [0.1, 0.15) is 34.0 Å². The number of nitrogens with one attached hydrogen (secondary N) is 1. The standard InChI is InChI=1S/C20H25BrN2O2/c1-5-23(10-11-24)17-8-6-16(7-9-17)22-20(25)18-12-19(21)15(4)13(2)14(18)3/h6-9,12,24H,5,10-11H2,1-4H3,(H,22,25). The highest BCUT2D eigenvalue weighted by Crippen LogP contribution is 2.26. The molecule has 0 radical (unpaired) electrons. The van der Waals surface area contributed by atoms with Gasteiger partial charge in [-0.3, -0.25) is 4.79 Å². The van der Waals surface area contributed by atoms with Gasteiger partial charge in [0.25, 0.3) is 5.91 Å². The molecule has 0 bridgehead atoms. The highest BCUT2D eigenvalue weighted by molar-refractivity contribution is 9.10. The van der Waals surface area contributed by atoms with Crippen LogP contribution >= 0.6 is 15.9 Å². The van der Waals surface area contributed by atoms with Gasteiger partial charge in [-0.15, -0.1) is 0 Å². The predicted molar refractivity (Wildman–Crippen MR) is 108 cm³/mol. The van der Waals surface area contributed by atoms with E-state index in [9.17, 15) is 4.79 Å². The van der Waals surface area contributed by atoms with E-state index in [1.807, 2.05) is 58.0 Å². The molecule has 2 aromatic rings. The molecule has 134 valence electrons. The third-order valence-electron chi connectivity index (χ3n) is 4.64. The number of carbonyl (C=O) groups excluding carboxylic acids is 1. The first kappa shape index (κ1) is 19.5. The quantitative estimate of drug-likeness (QED) is 0.747. The number of rotatable bonds is 6. The number of hydrogen-bond donors (Lipinski definition) is 2. The van der Waals surface area contributed by atoms with Gasteiger partial charge in [0.05, 0.1) is 6.61 Å². The maximum absolute atomic E-state index is 12.7. The summed E-state index contributed by atoms with van der Waals surface area (Å²) in [5.74, 6) is -0.114. The molecule has 5 heteroatoms. The maximum Gasteiger partial charge on any atom is 0.255 e. The number of aliphatic hydroxyl groups excluding tert-OH is 1. The molecule has 0 aliphatic carbocycles. The van der Waals surface area contributed by atoms with Crippen LogP contribution in [0, 0.1) is 20.8 Å². The number of anilines is 2. The van der Waals surface area contributed by atoms with Crippen molar-refractivity contribution >= 4 is 33.2 Å². The molecule has 0 atom stereocenters. The summed E-state index contributed by atoms with van der Waals surface area (Å²) in [4.78, 5) is 14.7. The Kier molecular flexibility index (Phi) is 6.62. The largest absolute Gasteiger partial charge is 0.395 e. The van der Waals surface area contributed by atoms with Crippen LogP contribution < -0.4 is 10.2 Å². The summed E-state index contributed by atoms with van der Waals surface area (Å²) in [6.07, 6.45) is 0. The summed E-state index contributed by atoms with van der Waals surface area (Å²) >= 11 is 3.53. The summed E-state index contributed by atoms with van der Waals surface area (Å²) in [5.41, 5.74) is 5.73. The number of likely N-dealkylation sites (N-methyl/N-ethyl adjacent to an activating group) is 1. The highest BCUT2D eigenvalue weighted by atomic mass is 79.9. The zero-order chi connectivity index (χ0) is 18.6. The maximum atomic E-state index is 12.7. The van der Waals surface area contributed by atoms with E-state index in [0.29, 0.717) is 12.1 Å². The van der Waals surface area contributed by atoms with E-state index < -0.39 is 0 Å². The van der Waals surface area contributed by atoms with E-state index in [0.717, 1.165) is 39.1 Å². The van der Waals surface area contributed by atoms with Crippen LogP contribution in [0.2, 0.25) is 0 Å². The summed E-state index contributed by atoms with van der Waals surface area (Å²) in [7, 11) is 0. The van der Waals surface area contributed by atoms with Gasteiger partial charge in [0, 0.05) is 34.5 Å². The van der Waals surface area contributed by atoms with Crippen LogP contribution in [-0.2, 0) is 0 Å². The second-order valence-electron chi connectivity index (χ2n) is 6.09. The van der Waals surface area contributed by atoms with Crippen molar-refractivity contribution in [3.05, 3.63) is 57.1 Å². The normalized spacial score (nSPS) is 10.6. The minimum absolute atomic E-state index is 0.114. The minimum atomic E-state index is -0.114. The second-order valence-corrected chi connectivity index (χ2v) is 6.94. The molecule has 1 amide bonds.